The van der Waals surface area contributed by atoms with Crippen LogP contribution < -0.4 is 10.5 Å². The van der Waals surface area contributed by atoms with E-state index in [9.17, 15) is 0 Å². The van der Waals surface area contributed by atoms with E-state index in [1.807, 2.05) is 25.1 Å². The quantitative estimate of drug-likeness (QED) is 0.559. The monoisotopic (exact) mass is 221 g/mol. The second kappa shape index (κ2) is 7.15. The zero-order valence-corrected chi connectivity index (χ0v) is 10.5. The van der Waals surface area contributed by atoms with E-state index in [-0.39, 0.29) is 0 Å². The molecule has 0 spiro atoms. The van der Waals surface area contributed by atoms with E-state index in [2.05, 4.69) is 6.92 Å². The maximum atomic E-state index is 5.86. The Labute approximate surface area is 98.8 Å². The van der Waals surface area contributed by atoms with Crippen LogP contribution in [-0.4, -0.2) is 6.61 Å². The summed E-state index contributed by atoms with van der Waals surface area (Å²) in [6.07, 6.45) is 6.29. The van der Waals surface area contributed by atoms with Crippen molar-refractivity contribution in [2.75, 3.05) is 12.3 Å². The minimum absolute atomic E-state index is 0.744. The highest BCUT2D eigenvalue weighted by Gasteiger charge is 1.99. The summed E-state index contributed by atoms with van der Waals surface area (Å²) in [6, 6.07) is 5.94. The predicted octanol–water partition coefficient (Wildman–Crippen LogP) is 3.93. The molecule has 0 atom stereocenters. The number of unbranched alkanes of at least 4 members (excludes halogenated alkanes) is 4. The van der Waals surface area contributed by atoms with Crippen molar-refractivity contribution in [2.45, 2.75) is 46.0 Å². The van der Waals surface area contributed by atoms with E-state index in [4.69, 9.17) is 10.5 Å². The molecule has 0 unspecified atom stereocenters. The first-order chi connectivity index (χ1) is 7.74. The van der Waals surface area contributed by atoms with Crippen molar-refractivity contribution >= 4 is 5.69 Å². The zero-order chi connectivity index (χ0) is 11.8. The van der Waals surface area contributed by atoms with Gasteiger partial charge in [0.2, 0.25) is 0 Å². The van der Waals surface area contributed by atoms with Gasteiger partial charge in [-0.05, 0) is 31.0 Å². The van der Waals surface area contributed by atoms with E-state index in [1.165, 1.54) is 31.2 Å². The summed E-state index contributed by atoms with van der Waals surface area (Å²) in [7, 11) is 0. The molecule has 0 saturated heterocycles. The normalized spacial score (nSPS) is 10.4. The Morgan fingerprint density at radius 2 is 1.88 bits per heavy atom. The molecule has 0 aliphatic carbocycles. The number of nitrogens with two attached hydrogens (primary N) is 1. The van der Waals surface area contributed by atoms with Crippen LogP contribution in [0.2, 0.25) is 0 Å². The minimum Gasteiger partial charge on any atom is -0.491 e. The molecule has 0 aliphatic rings. The molecule has 1 rings (SSSR count). The summed E-state index contributed by atoms with van der Waals surface area (Å²) in [5.74, 6) is 0.820. The van der Waals surface area contributed by atoms with Gasteiger partial charge in [0, 0.05) is 0 Å². The van der Waals surface area contributed by atoms with Gasteiger partial charge in [-0.1, -0.05) is 38.7 Å². The Morgan fingerprint density at radius 1 is 1.12 bits per heavy atom. The Bertz CT molecular complexity index is 310. The first-order valence-corrected chi connectivity index (χ1v) is 6.23. The van der Waals surface area contributed by atoms with Crippen molar-refractivity contribution < 1.29 is 4.74 Å². The summed E-state index contributed by atoms with van der Waals surface area (Å²) in [4.78, 5) is 0. The maximum Gasteiger partial charge on any atom is 0.142 e. The average molecular weight is 221 g/mol. The van der Waals surface area contributed by atoms with Crippen LogP contribution in [0.5, 0.6) is 5.75 Å². The number of rotatable bonds is 7. The van der Waals surface area contributed by atoms with E-state index < -0.39 is 0 Å². The van der Waals surface area contributed by atoms with Crippen LogP contribution in [0.15, 0.2) is 18.2 Å². The van der Waals surface area contributed by atoms with Crippen molar-refractivity contribution in [3.05, 3.63) is 23.8 Å². The van der Waals surface area contributed by atoms with Gasteiger partial charge < -0.3 is 10.5 Å². The number of benzene rings is 1. The standard InChI is InChI=1S/C14H23NO/c1-3-4-5-6-7-10-16-14-9-8-12(2)11-13(14)15/h8-9,11H,3-7,10,15H2,1-2H3. The lowest BCUT2D eigenvalue weighted by atomic mass is 10.2. The molecule has 0 aliphatic heterocycles. The predicted molar refractivity (Wildman–Crippen MR) is 69.8 cm³/mol. The zero-order valence-electron chi connectivity index (χ0n) is 10.5. The second-order valence-corrected chi connectivity index (χ2v) is 4.30. The van der Waals surface area contributed by atoms with Gasteiger partial charge in [-0.2, -0.15) is 0 Å². The van der Waals surface area contributed by atoms with E-state index in [1.54, 1.807) is 0 Å². The van der Waals surface area contributed by atoms with Crippen LogP contribution in [-0.2, 0) is 0 Å². The summed E-state index contributed by atoms with van der Waals surface area (Å²) in [6.45, 7) is 5.03. The number of nitrogen functional groups attached to an aromatic ring is 1. The molecule has 0 amide bonds. The van der Waals surface area contributed by atoms with Gasteiger partial charge in [-0.3, -0.25) is 0 Å². The molecule has 0 fully saturated rings. The average Bonchev–Trinajstić information content (AvgIpc) is 2.26. The Morgan fingerprint density at radius 3 is 2.56 bits per heavy atom. The fraction of sp³-hybridized carbons (Fsp3) is 0.571. The number of anilines is 1. The van der Waals surface area contributed by atoms with Gasteiger partial charge in [0.05, 0.1) is 12.3 Å². The summed E-state index contributed by atoms with van der Waals surface area (Å²) in [5.41, 5.74) is 7.78. The molecule has 2 heteroatoms. The molecule has 16 heavy (non-hydrogen) atoms. The summed E-state index contributed by atoms with van der Waals surface area (Å²) < 4.78 is 5.65. The number of hydrogen-bond acceptors (Lipinski definition) is 2. The van der Waals surface area contributed by atoms with Gasteiger partial charge in [-0.25, -0.2) is 0 Å². The van der Waals surface area contributed by atoms with Crippen molar-refractivity contribution in [1.29, 1.82) is 0 Å². The fourth-order valence-electron chi connectivity index (χ4n) is 1.69. The van der Waals surface area contributed by atoms with E-state index >= 15 is 0 Å². The highest BCUT2D eigenvalue weighted by Crippen LogP contribution is 2.22. The van der Waals surface area contributed by atoms with Crippen LogP contribution in [0, 0.1) is 6.92 Å². The Balaban J connectivity index is 2.21. The van der Waals surface area contributed by atoms with Crippen LogP contribution in [0.3, 0.4) is 0 Å². The lowest BCUT2D eigenvalue weighted by molar-refractivity contribution is 0.306. The second-order valence-electron chi connectivity index (χ2n) is 4.30. The SMILES string of the molecule is CCCCCCCOc1ccc(C)cc1N. The van der Waals surface area contributed by atoms with Gasteiger partial charge in [0.25, 0.3) is 0 Å². The third kappa shape index (κ3) is 4.56. The molecule has 0 heterocycles. The number of aryl methyl sites for hydroxylation is 1. The topological polar surface area (TPSA) is 35.2 Å². The third-order valence-corrected chi connectivity index (χ3v) is 2.67. The minimum atomic E-state index is 0.744. The first kappa shape index (κ1) is 12.9. The van der Waals surface area contributed by atoms with Gasteiger partial charge >= 0.3 is 0 Å². The smallest absolute Gasteiger partial charge is 0.142 e. The molecule has 1 aromatic rings. The first-order valence-electron chi connectivity index (χ1n) is 6.23. The highest BCUT2D eigenvalue weighted by atomic mass is 16.5. The van der Waals surface area contributed by atoms with Gasteiger partial charge in [0.1, 0.15) is 5.75 Å². The number of ether oxygens (including phenoxy) is 1. The van der Waals surface area contributed by atoms with Crippen molar-refractivity contribution in [2.24, 2.45) is 0 Å². The molecule has 90 valence electrons. The van der Waals surface area contributed by atoms with Crippen molar-refractivity contribution in [3.63, 3.8) is 0 Å². The Hall–Kier alpha value is -1.18. The van der Waals surface area contributed by atoms with E-state index in [0.29, 0.717) is 0 Å². The molecule has 0 saturated carbocycles. The van der Waals surface area contributed by atoms with E-state index in [0.717, 1.165) is 24.5 Å². The van der Waals surface area contributed by atoms with Crippen LogP contribution >= 0.6 is 0 Å². The molecule has 0 aromatic heterocycles. The van der Waals surface area contributed by atoms with Crippen molar-refractivity contribution in [1.82, 2.24) is 0 Å². The lowest BCUT2D eigenvalue weighted by Crippen LogP contribution is -2.00. The lowest BCUT2D eigenvalue weighted by Gasteiger charge is -2.09. The largest absolute Gasteiger partial charge is 0.491 e. The molecule has 1 aromatic carbocycles. The molecule has 0 radical (unpaired) electrons. The highest BCUT2D eigenvalue weighted by molar-refractivity contribution is 5.53. The van der Waals surface area contributed by atoms with Gasteiger partial charge in [0.15, 0.2) is 0 Å². The maximum absolute atomic E-state index is 5.86. The Kier molecular flexibility index (Phi) is 5.76. The molecule has 2 N–H and O–H groups in total. The van der Waals surface area contributed by atoms with Crippen molar-refractivity contribution in [3.8, 4) is 5.75 Å². The molecular weight excluding hydrogens is 198 g/mol. The van der Waals surface area contributed by atoms with Crippen LogP contribution in [0.1, 0.15) is 44.6 Å². The summed E-state index contributed by atoms with van der Waals surface area (Å²) >= 11 is 0. The number of hydrogen-bond donors (Lipinski definition) is 1. The third-order valence-electron chi connectivity index (χ3n) is 2.67. The molecular formula is C14H23NO. The van der Waals surface area contributed by atoms with Crippen LogP contribution in [0.25, 0.3) is 0 Å². The van der Waals surface area contributed by atoms with Crippen LogP contribution in [0.4, 0.5) is 5.69 Å². The fourth-order valence-corrected chi connectivity index (χ4v) is 1.69. The molecule has 2 nitrogen and oxygen atoms in total. The van der Waals surface area contributed by atoms with Gasteiger partial charge in [-0.15, -0.1) is 0 Å². The summed E-state index contributed by atoms with van der Waals surface area (Å²) in [5, 5.41) is 0. The molecule has 0 bridgehead atoms.